The first-order valence-electron chi connectivity index (χ1n) is 10.5. The molecule has 0 N–H and O–H groups in total. The second-order valence-electron chi connectivity index (χ2n) is 8.14. The number of Topliss-reactive ketones (excluding diaryl/α,β-unsaturated/α-hetero) is 1. The number of ether oxygens (including phenoxy) is 1. The summed E-state index contributed by atoms with van der Waals surface area (Å²) in [6.45, 7) is 8.07. The second-order valence-corrected chi connectivity index (χ2v) is 10.1. The molecule has 0 aliphatic carbocycles. The van der Waals surface area contributed by atoms with Gasteiger partial charge in [0.1, 0.15) is 0 Å². The van der Waals surface area contributed by atoms with Gasteiger partial charge in [0.15, 0.2) is 6.61 Å². The molecule has 0 atom stereocenters. The first-order chi connectivity index (χ1) is 14.6. The third-order valence-electron chi connectivity index (χ3n) is 6.30. The van der Waals surface area contributed by atoms with Crippen molar-refractivity contribution in [2.45, 2.75) is 45.4 Å². The van der Waals surface area contributed by atoms with Crippen LogP contribution in [0.5, 0.6) is 0 Å². The summed E-state index contributed by atoms with van der Waals surface area (Å²) in [6.07, 6.45) is 0.752. The molecule has 0 bridgehead atoms. The molecule has 7 heteroatoms. The van der Waals surface area contributed by atoms with Gasteiger partial charge in [-0.05, 0) is 81.0 Å². The minimum atomic E-state index is -3.56. The summed E-state index contributed by atoms with van der Waals surface area (Å²) in [7, 11) is -3.56. The molecule has 6 nitrogen and oxygen atoms in total. The summed E-state index contributed by atoms with van der Waals surface area (Å²) in [5.74, 6) is -1.07. The Morgan fingerprint density at radius 2 is 1.58 bits per heavy atom. The van der Waals surface area contributed by atoms with E-state index in [2.05, 4.69) is 0 Å². The Bertz CT molecular complexity index is 1080. The fourth-order valence-corrected chi connectivity index (χ4v) is 5.40. The Morgan fingerprint density at radius 1 is 0.968 bits per heavy atom. The lowest BCUT2D eigenvalue weighted by molar-refractivity contribution is -0.148. The number of hydrogen-bond donors (Lipinski definition) is 0. The van der Waals surface area contributed by atoms with Crippen molar-refractivity contribution in [2.75, 3.05) is 19.7 Å². The number of piperidine rings is 1. The van der Waals surface area contributed by atoms with Crippen LogP contribution in [0.2, 0.25) is 0 Å². The fourth-order valence-electron chi connectivity index (χ4n) is 3.91. The van der Waals surface area contributed by atoms with E-state index >= 15 is 0 Å². The molecule has 3 rings (SSSR count). The highest BCUT2D eigenvalue weighted by Gasteiger charge is 2.33. The Labute approximate surface area is 184 Å². The molecule has 0 aromatic heterocycles. The molecule has 1 aliphatic rings. The molecule has 0 amide bonds. The topological polar surface area (TPSA) is 80.8 Å². The van der Waals surface area contributed by atoms with Crippen LogP contribution in [-0.2, 0) is 19.6 Å². The van der Waals surface area contributed by atoms with Crippen molar-refractivity contribution in [1.29, 1.82) is 0 Å². The second kappa shape index (κ2) is 9.32. The smallest absolute Gasteiger partial charge is 0.309 e. The number of rotatable bonds is 6. The van der Waals surface area contributed by atoms with Gasteiger partial charge in [-0.1, -0.05) is 18.2 Å². The summed E-state index contributed by atoms with van der Waals surface area (Å²) >= 11 is 0. The number of nitrogens with zero attached hydrogens (tertiary/aromatic N) is 1. The maximum absolute atomic E-state index is 12.7. The Hall–Kier alpha value is -2.51. The monoisotopic (exact) mass is 443 g/mol. The molecular formula is C24H29NO5S. The molecule has 2 aromatic rings. The van der Waals surface area contributed by atoms with Crippen molar-refractivity contribution in [2.24, 2.45) is 5.92 Å². The molecule has 0 saturated carbocycles. The van der Waals surface area contributed by atoms with Gasteiger partial charge < -0.3 is 4.74 Å². The normalized spacial score (nSPS) is 15.6. The summed E-state index contributed by atoms with van der Waals surface area (Å²) in [5.41, 5.74) is 4.75. The summed E-state index contributed by atoms with van der Waals surface area (Å²) in [4.78, 5) is 25.4. The number of esters is 1. The number of carbonyl (C=O) groups excluding carboxylic acids is 2. The summed E-state index contributed by atoms with van der Waals surface area (Å²) in [6, 6.07) is 10.1. The van der Waals surface area contributed by atoms with Crippen LogP contribution in [0.25, 0.3) is 0 Å². The maximum atomic E-state index is 12.7. The van der Waals surface area contributed by atoms with Crippen LogP contribution in [0.3, 0.4) is 0 Å². The lowest BCUT2D eigenvalue weighted by atomic mass is 9.93. The van der Waals surface area contributed by atoms with E-state index in [1.807, 2.05) is 33.8 Å². The van der Waals surface area contributed by atoms with Crippen molar-refractivity contribution in [3.8, 4) is 0 Å². The van der Waals surface area contributed by atoms with Crippen LogP contribution >= 0.6 is 0 Å². The average Bonchev–Trinajstić information content (AvgIpc) is 2.78. The molecule has 1 heterocycles. The van der Waals surface area contributed by atoms with Gasteiger partial charge in [0.25, 0.3) is 0 Å². The number of aryl methyl sites for hydroxylation is 1. The SMILES string of the molecule is Cc1cc(C(=O)COC(=O)C2CCN(S(=O)(=O)c3ccccc3)CC2)c(C)c(C)c1C. The Morgan fingerprint density at radius 3 is 2.19 bits per heavy atom. The van der Waals surface area contributed by atoms with Crippen molar-refractivity contribution in [3.63, 3.8) is 0 Å². The van der Waals surface area contributed by atoms with Crippen molar-refractivity contribution < 1.29 is 22.7 Å². The zero-order valence-corrected chi connectivity index (χ0v) is 19.3. The minimum Gasteiger partial charge on any atom is -0.457 e. The first-order valence-corrected chi connectivity index (χ1v) is 11.9. The minimum absolute atomic E-state index is 0.221. The molecule has 0 spiro atoms. The maximum Gasteiger partial charge on any atom is 0.309 e. The van der Waals surface area contributed by atoms with E-state index in [0.717, 1.165) is 22.3 Å². The molecule has 1 fully saturated rings. The third-order valence-corrected chi connectivity index (χ3v) is 8.21. The molecule has 0 radical (unpaired) electrons. The molecule has 2 aromatic carbocycles. The van der Waals surface area contributed by atoms with Crippen LogP contribution in [-0.4, -0.2) is 44.2 Å². The zero-order chi connectivity index (χ0) is 22.8. The van der Waals surface area contributed by atoms with E-state index in [-0.39, 0.29) is 30.4 Å². The highest BCUT2D eigenvalue weighted by molar-refractivity contribution is 7.89. The van der Waals surface area contributed by atoms with E-state index in [9.17, 15) is 18.0 Å². The third kappa shape index (κ3) is 4.88. The molecule has 31 heavy (non-hydrogen) atoms. The Kier molecular flexibility index (Phi) is 6.96. The van der Waals surface area contributed by atoms with Gasteiger partial charge >= 0.3 is 5.97 Å². The average molecular weight is 444 g/mol. The number of ketones is 1. The van der Waals surface area contributed by atoms with Crippen LogP contribution in [0.1, 0.15) is 45.5 Å². The number of sulfonamides is 1. The van der Waals surface area contributed by atoms with Gasteiger partial charge in [-0.2, -0.15) is 4.31 Å². The van der Waals surface area contributed by atoms with Gasteiger partial charge in [0.05, 0.1) is 10.8 Å². The quantitative estimate of drug-likeness (QED) is 0.502. The standard InChI is InChI=1S/C24H29NO5S/c1-16-14-22(19(4)18(3)17(16)2)23(26)15-30-24(27)20-10-12-25(13-11-20)31(28,29)21-8-6-5-7-9-21/h5-9,14,20H,10-13,15H2,1-4H3. The summed E-state index contributed by atoms with van der Waals surface area (Å²) in [5, 5.41) is 0. The van der Waals surface area contributed by atoms with Gasteiger partial charge in [-0.25, -0.2) is 8.42 Å². The van der Waals surface area contributed by atoms with Crippen LogP contribution in [0.15, 0.2) is 41.3 Å². The summed E-state index contributed by atoms with van der Waals surface area (Å²) < 4.78 is 32.1. The molecular weight excluding hydrogens is 414 g/mol. The largest absolute Gasteiger partial charge is 0.457 e. The van der Waals surface area contributed by atoms with Crippen molar-refractivity contribution in [3.05, 3.63) is 64.2 Å². The van der Waals surface area contributed by atoms with Crippen molar-refractivity contribution >= 4 is 21.8 Å². The highest BCUT2D eigenvalue weighted by atomic mass is 32.2. The van der Waals surface area contributed by atoms with E-state index in [4.69, 9.17) is 4.74 Å². The van der Waals surface area contributed by atoms with E-state index in [1.165, 1.54) is 4.31 Å². The van der Waals surface area contributed by atoms with Gasteiger partial charge in [0.2, 0.25) is 15.8 Å². The van der Waals surface area contributed by atoms with E-state index in [1.54, 1.807) is 30.3 Å². The molecule has 0 unspecified atom stereocenters. The lowest BCUT2D eigenvalue weighted by Crippen LogP contribution is -2.40. The number of carbonyl (C=O) groups is 2. The van der Waals surface area contributed by atoms with Crippen LogP contribution in [0, 0.1) is 33.6 Å². The highest BCUT2D eigenvalue weighted by Crippen LogP contribution is 2.25. The van der Waals surface area contributed by atoms with Gasteiger partial charge in [0, 0.05) is 18.7 Å². The predicted molar refractivity (Wildman–Crippen MR) is 119 cm³/mol. The number of hydrogen-bond acceptors (Lipinski definition) is 5. The Balaban J connectivity index is 1.57. The number of benzene rings is 2. The van der Waals surface area contributed by atoms with E-state index in [0.29, 0.717) is 18.4 Å². The fraction of sp³-hybridized carbons (Fsp3) is 0.417. The van der Waals surface area contributed by atoms with Gasteiger partial charge in [-0.3, -0.25) is 9.59 Å². The molecule has 1 aliphatic heterocycles. The molecule has 1 saturated heterocycles. The first kappa shape index (κ1) is 23.2. The van der Waals surface area contributed by atoms with E-state index < -0.39 is 21.9 Å². The lowest BCUT2D eigenvalue weighted by Gasteiger charge is -2.30. The zero-order valence-electron chi connectivity index (χ0n) is 18.5. The van der Waals surface area contributed by atoms with Crippen molar-refractivity contribution in [1.82, 2.24) is 4.31 Å². The molecule has 166 valence electrons. The van der Waals surface area contributed by atoms with Crippen LogP contribution in [0.4, 0.5) is 0 Å². The predicted octanol–water partition coefficient (Wildman–Crippen LogP) is 3.75. The van der Waals surface area contributed by atoms with Crippen LogP contribution < -0.4 is 0 Å². The van der Waals surface area contributed by atoms with Gasteiger partial charge in [-0.15, -0.1) is 0 Å².